The highest BCUT2D eigenvalue weighted by Crippen LogP contribution is 2.02. The molecule has 3 heteroatoms. The van der Waals surface area contributed by atoms with E-state index >= 15 is 0 Å². The van der Waals surface area contributed by atoms with Crippen molar-refractivity contribution in [1.82, 2.24) is 5.32 Å². The molecular weight excluding hydrogens is 128 g/mol. The molecule has 1 heterocycles. The van der Waals surface area contributed by atoms with E-state index in [1.54, 1.807) is 6.34 Å². The van der Waals surface area contributed by atoms with Gasteiger partial charge in [0.25, 0.3) is 0 Å². The fourth-order valence-corrected chi connectivity index (χ4v) is 0.896. The first kappa shape index (κ1) is 7.25. The summed E-state index contributed by atoms with van der Waals surface area (Å²) in [5, 5.41) is 2.99. The first-order valence-electron chi connectivity index (χ1n) is 3.50. The second kappa shape index (κ2) is 2.82. The molecule has 56 valence electrons. The fraction of sp³-hybridized carbons (Fsp3) is 0.714. The highest BCUT2D eigenvalue weighted by molar-refractivity contribution is 5.86. The number of carbonyl (C=O) groups is 1. The second-order valence-electron chi connectivity index (χ2n) is 2.69. The van der Waals surface area contributed by atoms with Gasteiger partial charge in [0.05, 0.1) is 6.34 Å². The zero-order valence-electron chi connectivity index (χ0n) is 6.29. The van der Waals surface area contributed by atoms with Crippen molar-refractivity contribution in [3.63, 3.8) is 0 Å². The van der Waals surface area contributed by atoms with Gasteiger partial charge in [-0.05, 0) is 13.8 Å². The van der Waals surface area contributed by atoms with Gasteiger partial charge in [-0.1, -0.05) is 0 Å². The van der Waals surface area contributed by atoms with Gasteiger partial charge in [0.1, 0.15) is 6.04 Å². The minimum absolute atomic E-state index is 0.155. The van der Waals surface area contributed by atoms with Crippen LogP contribution in [0.5, 0.6) is 0 Å². The zero-order chi connectivity index (χ0) is 7.56. The molecule has 0 fully saturated rings. The van der Waals surface area contributed by atoms with Crippen LogP contribution < -0.4 is 5.32 Å². The summed E-state index contributed by atoms with van der Waals surface area (Å²) in [5.41, 5.74) is 0. The van der Waals surface area contributed by atoms with E-state index in [1.165, 1.54) is 0 Å². The van der Waals surface area contributed by atoms with Gasteiger partial charge in [0.15, 0.2) is 5.78 Å². The molecular formula is C7H12N2O. The Hall–Kier alpha value is -0.860. The minimum Gasteiger partial charge on any atom is -0.374 e. The van der Waals surface area contributed by atoms with Gasteiger partial charge in [-0.2, -0.15) is 0 Å². The Morgan fingerprint density at radius 1 is 1.70 bits per heavy atom. The van der Waals surface area contributed by atoms with Gasteiger partial charge < -0.3 is 5.32 Å². The lowest BCUT2D eigenvalue weighted by atomic mass is 10.1. The van der Waals surface area contributed by atoms with Crippen molar-refractivity contribution in [3.05, 3.63) is 0 Å². The number of ketones is 1. The number of rotatable bonds is 0. The number of carbonyl (C=O) groups excluding carboxylic acids is 1. The van der Waals surface area contributed by atoms with Crippen molar-refractivity contribution in [2.24, 2.45) is 4.99 Å². The predicted molar refractivity (Wildman–Crippen MR) is 40.2 cm³/mol. The molecule has 0 aromatic rings. The van der Waals surface area contributed by atoms with Crippen molar-refractivity contribution < 1.29 is 4.79 Å². The summed E-state index contributed by atoms with van der Waals surface area (Å²) < 4.78 is 0. The van der Waals surface area contributed by atoms with Crippen LogP contribution in [0, 0.1) is 0 Å². The SMILES string of the molecule is CC1CC(=O)C(C)N=CN1. The van der Waals surface area contributed by atoms with Gasteiger partial charge in [0.2, 0.25) is 0 Å². The van der Waals surface area contributed by atoms with Crippen molar-refractivity contribution in [2.45, 2.75) is 32.4 Å². The van der Waals surface area contributed by atoms with E-state index < -0.39 is 0 Å². The maximum absolute atomic E-state index is 11.1. The number of nitrogens with one attached hydrogen (secondary N) is 1. The molecule has 1 rings (SSSR count). The van der Waals surface area contributed by atoms with Crippen LogP contribution in [-0.4, -0.2) is 24.2 Å². The lowest BCUT2D eigenvalue weighted by Gasteiger charge is -2.05. The van der Waals surface area contributed by atoms with E-state index in [0.717, 1.165) is 0 Å². The zero-order valence-corrected chi connectivity index (χ0v) is 6.29. The van der Waals surface area contributed by atoms with E-state index in [2.05, 4.69) is 10.3 Å². The summed E-state index contributed by atoms with van der Waals surface area (Å²) in [6.45, 7) is 3.79. The Kier molecular flexibility index (Phi) is 2.04. The van der Waals surface area contributed by atoms with Crippen LogP contribution in [0.4, 0.5) is 0 Å². The third-order valence-corrected chi connectivity index (χ3v) is 1.63. The molecule has 1 aliphatic rings. The molecule has 0 aromatic heterocycles. The summed E-state index contributed by atoms with van der Waals surface area (Å²) in [6, 6.07) is 0.0821. The molecule has 0 amide bonds. The smallest absolute Gasteiger partial charge is 0.159 e. The Bertz CT molecular complexity index is 165. The van der Waals surface area contributed by atoms with E-state index in [0.29, 0.717) is 6.42 Å². The third kappa shape index (κ3) is 1.56. The molecule has 0 aliphatic carbocycles. The molecule has 0 spiro atoms. The molecule has 0 saturated carbocycles. The molecule has 3 nitrogen and oxygen atoms in total. The van der Waals surface area contributed by atoms with Gasteiger partial charge in [-0.15, -0.1) is 0 Å². The van der Waals surface area contributed by atoms with Gasteiger partial charge in [-0.3, -0.25) is 9.79 Å². The maximum Gasteiger partial charge on any atom is 0.159 e. The minimum atomic E-state index is -0.155. The van der Waals surface area contributed by atoms with Crippen molar-refractivity contribution in [2.75, 3.05) is 0 Å². The quantitative estimate of drug-likeness (QED) is 0.527. The Balaban J connectivity index is 2.62. The average Bonchev–Trinajstić information content (AvgIpc) is 1.96. The number of hydrogen-bond acceptors (Lipinski definition) is 3. The van der Waals surface area contributed by atoms with Crippen molar-refractivity contribution >= 4 is 12.1 Å². The van der Waals surface area contributed by atoms with Gasteiger partial charge in [0, 0.05) is 12.5 Å². The molecule has 0 aromatic carbocycles. The highest BCUT2D eigenvalue weighted by Gasteiger charge is 2.16. The topological polar surface area (TPSA) is 41.5 Å². The first-order chi connectivity index (χ1) is 4.70. The Morgan fingerprint density at radius 2 is 2.40 bits per heavy atom. The Labute approximate surface area is 60.5 Å². The molecule has 1 N–H and O–H groups in total. The lowest BCUT2D eigenvalue weighted by molar-refractivity contribution is -0.120. The van der Waals surface area contributed by atoms with E-state index in [1.807, 2.05) is 13.8 Å². The number of Topliss-reactive ketones (excluding diaryl/α,β-unsaturated/α-hetero) is 1. The van der Waals surface area contributed by atoms with Crippen LogP contribution in [0.2, 0.25) is 0 Å². The largest absolute Gasteiger partial charge is 0.374 e. The second-order valence-corrected chi connectivity index (χ2v) is 2.69. The Morgan fingerprint density at radius 3 is 3.10 bits per heavy atom. The molecule has 2 atom stereocenters. The van der Waals surface area contributed by atoms with Crippen LogP contribution in [-0.2, 0) is 4.79 Å². The van der Waals surface area contributed by atoms with Crippen LogP contribution in [0.15, 0.2) is 4.99 Å². The van der Waals surface area contributed by atoms with Crippen LogP contribution in [0.1, 0.15) is 20.3 Å². The number of nitrogens with zero attached hydrogens (tertiary/aromatic N) is 1. The molecule has 10 heavy (non-hydrogen) atoms. The monoisotopic (exact) mass is 140 g/mol. The summed E-state index contributed by atoms with van der Waals surface area (Å²) >= 11 is 0. The molecule has 2 unspecified atom stereocenters. The highest BCUT2D eigenvalue weighted by atomic mass is 16.1. The van der Waals surface area contributed by atoms with E-state index in [4.69, 9.17) is 0 Å². The van der Waals surface area contributed by atoms with Crippen molar-refractivity contribution in [1.29, 1.82) is 0 Å². The summed E-state index contributed by atoms with van der Waals surface area (Å²) in [5.74, 6) is 0.216. The number of aliphatic imine (C=N–C) groups is 1. The first-order valence-corrected chi connectivity index (χ1v) is 3.50. The average molecular weight is 140 g/mol. The van der Waals surface area contributed by atoms with E-state index in [-0.39, 0.29) is 17.9 Å². The molecule has 0 radical (unpaired) electrons. The van der Waals surface area contributed by atoms with Crippen LogP contribution in [0.25, 0.3) is 0 Å². The summed E-state index contributed by atoms with van der Waals surface area (Å²) in [7, 11) is 0. The normalized spacial score (nSPS) is 33.2. The van der Waals surface area contributed by atoms with Crippen LogP contribution in [0.3, 0.4) is 0 Å². The molecule has 0 bridgehead atoms. The van der Waals surface area contributed by atoms with E-state index in [9.17, 15) is 4.79 Å². The van der Waals surface area contributed by atoms with Gasteiger partial charge in [-0.25, -0.2) is 0 Å². The summed E-state index contributed by atoms with van der Waals surface area (Å²) in [4.78, 5) is 15.0. The molecule has 1 aliphatic heterocycles. The third-order valence-electron chi connectivity index (χ3n) is 1.63. The van der Waals surface area contributed by atoms with Crippen LogP contribution >= 0.6 is 0 Å². The summed E-state index contributed by atoms with van der Waals surface area (Å²) in [6.07, 6.45) is 2.21. The van der Waals surface area contributed by atoms with Gasteiger partial charge >= 0.3 is 0 Å². The number of hydrogen-bond donors (Lipinski definition) is 1. The van der Waals surface area contributed by atoms with Crippen molar-refractivity contribution in [3.8, 4) is 0 Å². The predicted octanol–water partition coefficient (Wildman–Crippen LogP) is 0.354. The lowest BCUT2D eigenvalue weighted by Crippen LogP contribution is -2.25. The maximum atomic E-state index is 11.1. The molecule has 0 saturated heterocycles. The standard InChI is InChI=1S/C7H12N2O/c1-5-3-7(10)6(2)9-4-8-5/h4-6H,3H2,1-2H3,(H,8,9). The fourth-order valence-electron chi connectivity index (χ4n) is 0.896.